The average Bonchev–Trinajstić information content (AvgIpc) is 3.51. The van der Waals surface area contributed by atoms with Crippen molar-refractivity contribution in [1.29, 1.82) is 0 Å². The van der Waals surface area contributed by atoms with Crippen LogP contribution in [0.3, 0.4) is 0 Å². The van der Waals surface area contributed by atoms with E-state index in [1.54, 1.807) is 72.8 Å². The molecule has 13 nitrogen and oxygen atoms in total. The molecule has 0 unspecified atom stereocenters. The first-order valence-corrected chi connectivity index (χ1v) is 19.6. The van der Waals surface area contributed by atoms with Crippen LogP contribution in [-0.4, -0.2) is 73.2 Å². The van der Waals surface area contributed by atoms with Crippen LogP contribution >= 0.6 is 0 Å². The molecule has 6 aromatic rings. The maximum Gasteiger partial charge on any atom is 0.330 e. The Morgan fingerprint density at radius 3 is 1.51 bits per heavy atom. The summed E-state index contributed by atoms with van der Waals surface area (Å²) in [5.41, 5.74) is 0.704. The number of likely N-dealkylation sites (N-methyl/N-ethyl adjacent to an activating group) is 2. The molecule has 63 heavy (non-hydrogen) atoms. The zero-order valence-electron chi connectivity index (χ0n) is 34.9. The van der Waals surface area contributed by atoms with E-state index in [9.17, 15) is 41.5 Å². The van der Waals surface area contributed by atoms with E-state index < -0.39 is 83.7 Å². The summed E-state index contributed by atoms with van der Waals surface area (Å²) >= 11 is 0. The number of carbonyl (C=O) groups is 4. The fourth-order valence-corrected chi connectivity index (χ4v) is 7.23. The molecule has 17 heteroatoms. The van der Waals surface area contributed by atoms with Crippen molar-refractivity contribution in [1.82, 2.24) is 19.8 Å². The molecule has 328 valence electrons. The number of halogens is 4. The molecule has 6 rings (SSSR count). The quantitative estimate of drug-likeness (QED) is 0.119. The second-order valence-electron chi connectivity index (χ2n) is 14.8. The zero-order valence-corrected chi connectivity index (χ0v) is 34.9. The molecule has 0 saturated heterocycles. The molecule has 2 N–H and O–H groups in total. The summed E-state index contributed by atoms with van der Waals surface area (Å²) in [4.78, 5) is 72.4. The Bertz CT molecular complexity index is 2670. The number of aromatic nitrogens is 2. The van der Waals surface area contributed by atoms with E-state index in [0.29, 0.717) is 35.0 Å². The second kappa shape index (κ2) is 19.5. The first kappa shape index (κ1) is 45.1. The van der Waals surface area contributed by atoms with Crippen molar-refractivity contribution in [2.24, 2.45) is 0 Å². The van der Waals surface area contributed by atoms with Gasteiger partial charge in [0.2, 0.25) is 23.6 Å². The third-order valence-corrected chi connectivity index (χ3v) is 10.6. The number of carbonyl (C=O) groups excluding carboxylic acids is 4. The largest absolute Gasteiger partial charge is 0.497 e. The summed E-state index contributed by atoms with van der Waals surface area (Å²) in [5, 5.41) is 5.29. The number of ether oxygens (including phenoxy) is 2. The summed E-state index contributed by atoms with van der Waals surface area (Å²) in [6.07, 6.45) is -0.315. The van der Waals surface area contributed by atoms with Gasteiger partial charge in [0.05, 0.1) is 25.3 Å². The van der Waals surface area contributed by atoms with Crippen molar-refractivity contribution in [3.05, 3.63) is 154 Å². The van der Waals surface area contributed by atoms with Gasteiger partial charge >= 0.3 is 5.69 Å². The van der Waals surface area contributed by atoms with Gasteiger partial charge in [0, 0.05) is 49.9 Å². The Morgan fingerprint density at radius 1 is 0.619 bits per heavy atom. The lowest BCUT2D eigenvalue weighted by Crippen LogP contribution is -2.51. The van der Waals surface area contributed by atoms with E-state index >= 15 is 0 Å². The molecule has 1 heterocycles. The minimum Gasteiger partial charge on any atom is -0.497 e. The number of rotatable bonds is 16. The number of fused-ring (bicyclic) bond motifs is 1. The fraction of sp³-hybridized carbons (Fsp3) is 0.239. The van der Waals surface area contributed by atoms with Crippen LogP contribution in [0, 0.1) is 23.3 Å². The maximum absolute atomic E-state index is 14.4. The van der Waals surface area contributed by atoms with E-state index in [1.165, 1.54) is 45.0 Å². The SMILES string of the molecule is COc1ccc(N(C)C(=O)[C@H](Cc2cc(F)cc(F)c2)NC(=O)Cn2c(=O)n(CC(=O)N[C@H](C(=O)N(C)c3ccc(OC)cc3)[C@H](C)c3cc(F)cc(F)c3)c3ccccc32)cc1. The van der Waals surface area contributed by atoms with E-state index in [2.05, 4.69) is 10.6 Å². The van der Waals surface area contributed by atoms with Crippen LogP contribution in [-0.2, 0) is 38.7 Å². The molecule has 0 aliphatic carbocycles. The Balaban J connectivity index is 1.27. The van der Waals surface area contributed by atoms with Crippen LogP contribution in [0.15, 0.2) is 114 Å². The van der Waals surface area contributed by atoms with Crippen LogP contribution in [0.4, 0.5) is 28.9 Å². The van der Waals surface area contributed by atoms with Gasteiger partial charge in [-0.3, -0.25) is 28.3 Å². The number of nitrogens with zero attached hydrogens (tertiary/aromatic N) is 4. The van der Waals surface area contributed by atoms with Gasteiger partial charge in [-0.15, -0.1) is 0 Å². The highest BCUT2D eigenvalue weighted by molar-refractivity contribution is 6.00. The van der Waals surface area contributed by atoms with Gasteiger partial charge in [-0.2, -0.15) is 0 Å². The van der Waals surface area contributed by atoms with Crippen LogP contribution < -0.4 is 35.6 Å². The van der Waals surface area contributed by atoms with Crippen LogP contribution in [0.5, 0.6) is 11.5 Å². The molecule has 0 aliphatic heterocycles. The van der Waals surface area contributed by atoms with Crippen molar-refractivity contribution in [3.8, 4) is 11.5 Å². The number of methoxy groups -OCH3 is 2. The van der Waals surface area contributed by atoms with Gasteiger partial charge in [-0.1, -0.05) is 19.1 Å². The number of anilines is 2. The number of hydrogen-bond acceptors (Lipinski definition) is 7. The molecule has 3 atom stereocenters. The summed E-state index contributed by atoms with van der Waals surface area (Å²) in [6, 6.07) is 22.1. The molecule has 5 aromatic carbocycles. The van der Waals surface area contributed by atoms with Crippen molar-refractivity contribution in [2.45, 2.75) is 44.4 Å². The van der Waals surface area contributed by atoms with Crippen LogP contribution in [0.2, 0.25) is 0 Å². The number of para-hydroxylation sites is 2. The standard InChI is InChI=1S/C46H44F4N6O7/c1-27(29-21-32(49)24-33(50)22-29)43(45(60)54(3)35-12-16-37(63-5)17-13-35)52-42(58)26-56-40-9-7-6-8-39(40)55(46(56)61)25-41(57)51-38(20-28-18-30(47)23-31(48)19-28)44(59)53(2)34-10-14-36(62-4)15-11-34/h6-19,21-24,27,38,43H,20,25-26H2,1-5H3,(H,51,57)(H,52,58)/t27-,38+,43+/m1/s1. The van der Waals surface area contributed by atoms with Gasteiger partial charge in [0.1, 0.15) is 59.9 Å². The highest BCUT2D eigenvalue weighted by Crippen LogP contribution is 2.26. The molecular formula is C46H44F4N6O7. The van der Waals surface area contributed by atoms with E-state index in [-0.39, 0.29) is 28.6 Å². The van der Waals surface area contributed by atoms with Crippen molar-refractivity contribution < 1.29 is 46.2 Å². The van der Waals surface area contributed by atoms with E-state index in [1.807, 2.05) is 0 Å². The highest BCUT2D eigenvalue weighted by Gasteiger charge is 2.33. The summed E-state index contributed by atoms with van der Waals surface area (Å²) in [7, 11) is 5.90. The monoisotopic (exact) mass is 868 g/mol. The molecule has 0 radical (unpaired) electrons. The summed E-state index contributed by atoms with van der Waals surface area (Å²) in [5.74, 6) is -6.36. The molecule has 0 saturated carbocycles. The summed E-state index contributed by atoms with van der Waals surface area (Å²) in [6.45, 7) is 0.234. The number of hydrogen-bond donors (Lipinski definition) is 2. The minimum absolute atomic E-state index is 0.0814. The second-order valence-corrected chi connectivity index (χ2v) is 14.8. The molecule has 0 fully saturated rings. The fourth-order valence-electron chi connectivity index (χ4n) is 7.23. The third kappa shape index (κ3) is 10.5. The lowest BCUT2D eigenvalue weighted by molar-refractivity contribution is -0.128. The minimum atomic E-state index is -1.39. The predicted octanol–water partition coefficient (Wildman–Crippen LogP) is 5.72. The predicted molar refractivity (Wildman–Crippen MR) is 228 cm³/mol. The van der Waals surface area contributed by atoms with Gasteiger partial charge < -0.3 is 29.9 Å². The van der Waals surface area contributed by atoms with Crippen LogP contribution in [0.1, 0.15) is 24.0 Å². The number of imidazole rings is 1. The average molecular weight is 869 g/mol. The smallest absolute Gasteiger partial charge is 0.330 e. The molecule has 1 aromatic heterocycles. The first-order valence-electron chi connectivity index (χ1n) is 19.6. The third-order valence-electron chi connectivity index (χ3n) is 10.6. The number of amides is 4. The highest BCUT2D eigenvalue weighted by atomic mass is 19.1. The van der Waals surface area contributed by atoms with Gasteiger partial charge in [-0.05, 0) is 96.1 Å². The molecule has 0 bridgehead atoms. The Hall–Kier alpha value is -7.43. The lowest BCUT2D eigenvalue weighted by atomic mass is 9.91. The number of nitrogens with one attached hydrogen (secondary N) is 2. The first-order chi connectivity index (χ1) is 30.1. The Labute approximate surface area is 359 Å². The van der Waals surface area contributed by atoms with Crippen molar-refractivity contribution >= 4 is 46.0 Å². The Kier molecular flexibility index (Phi) is 14.0. The van der Waals surface area contributed by atoms with Gasteiger partial charge in [0.25, 0.3) is 0 Å². The van der Waals surface area contributed by atoms with Crippen LogP contribution in [0.25, 0.3) is 11.0 Å². The van der Waals surface area contributed by atoms with Crippen molar-refractivity contribution in [2.75, 3.05) is 38.1 Å². The van der Waals surface area contributed by atoms with Crippen molar-refractivity contribution in [3.63, 3.8) is 0 Å². The summed E-state index contributed by atoms with van der Waals surface area (Å²) < 4.78 is 69.9. The van der Waals surface area contributed by atoms with Gasteiger partial charge in [-0.25, -0.2) is 22.4 Å². The molecule has 4 amide bonds. The normalized spacial score (nSPS) is 12.5. The zero-order chi connectivity index (χ0) is 45.5. The molecular weight excluding hydrogens is 825 g/mol. The van der Waals surface area contributed by atoms with Gasteiger partial charge in [0.15, 0.2) is 0 Å². The number of benzene rings is 5. The lowest BCUT2D eigenvalue weighted by Gasteiger charge is -2.29. The Morgan fingerprint density at radius 2 is 1.05 bits per heavy atom. The van der Waals surface area contributed by atoms with E-state index in [0.717, 1.165) is 33.4 Å². The molecule has 0 spiro atoms. The maximum atomic E-state index is 14.4. The molecule has 0 aliphatic rings. The topological polar surface area (TPSA) is 144 Å². The van der Waals surface area contributed by atoms with E-state index in [4.69, 9.17) is 9.47 Å².